The minimum Gasteiger partial charge on any atom is -0.478 e. The molecule has 1 amide bonds. The van der Waals surface area contributed by atoms with Crippen LogP contribution in [0.1, 0.15) is 48.0 Å². The number of amides is 1. The van der Waals surface area contributed by atoms with Crippen molar-refractivity contribution >= 4 is 17.6 Å². The van der Waals surface area contributed by atoms with E-state index in [0.29, 0.717) is 19.4 Å². The van der Waals surface area contributed by atoms with E-state index in [2.05, 4.69) is 6.58 Å². The molecule has 0 saturated heterocycles. The standard InChI is InChI=1S/C17H21NO3/c1-2-3-4-5-6-11-18-15-9-7-14(17(20)21)12-13(15)8-10-16(18)19/h2,7,9,12H,1,3-6,8,10-11H2,(H,20,21). The summed E-state index contributed by atoms with van der Waals surface area (Å²) in [6.07, 6.45) is 7.13. The third-order valence-corrected chi connectivity index (χ3v) is 3.82. The van der Waals surface area contributed by atoms with Gasteiger partial charge in [-0.05, 0) is 49.4 Å². The lowest BCUT2D eigenvalue weighted by atomic mass is 9.98. The molecule has 2 rings (SSSR count). The first-order valence-corrected chi connectivity index (χ1v) is 7.41. The Kier molecular flexibility index (Phi) is 5.14. The molecule has 0 saturated carbocycles. The molecule has 0 atom stereocenters. The minimum absolute atomic E-state index is 0.134. The summed E-state index contributed by atoms with van der Waals surface area (Å²) < 4.78 is 0. The van der Waals surface area contributed by atoms with Crippen LogP contribution in [-0.4, -0.2) is 23.5 Å². The largest absolute Gasteiger partial charge is 0.478 e. The average molecular weight is 287 g/mol. The number of aryl methyl sites for hydroxylation is 1. The van der Waals surface area contributed by atoms with Crippen LogP contribution in [0.5, 0.6) is 0 Å². The van der Waals surface area contributed by atoms with Gasteiger partial charge in [0, 0.05) is 18.7 Å². The van der Waals surface area contributed by atoms with Gasteiger partial charge in [-0.25, -0.2) is 4.79 Å². The molecule has 0 unspecified atom stereocenters. The molecule has 4 nitrogen and oxygen atoms in total. The summed E-state index contributed by atoms with van der Waals surface area (Å²) in [5.41, 5.74) is 2.12. The maximum atomic E-state index is 12.1. The number of hydrogen-bond donors (Lipinski definition) is 1. The van der Waals surface area contributed by atoms with Crippen LogP contribution < -0.4 is 4.90 Å². The second-order valence-corrected chi connectivity index (χ2v) is 5.33. The van der Waals surface area contributed by atoms with Crippen molar-refractivity contribution in [2.45, 2.75) is 38.5 Å². The Morgan fingerprint density at radius 1 is 1.29 bits per heavy atom. The molecule has 1 aromatic carbocycles. The van der Waals surface area contributed by atoms with Crippen molar-refractivity contribution in [2.24, 2.45) is 0 Å². The predicted molar refractivity (Wildman–Crippen MR) is 82.7 cm³/mol. The summed E-state index contributed by atoms with van der Waals surface area (Å²) in [5.74, 6) is -0.792. The fourth-order valence-corrected chi connectivity index (χ4v) is 2.67. The van der Waals surface area contributed by atoms with E-state index in [1.165, 1.54) is 0 Å². The van der Waals surface area contributed by atoms with Crippen molar-refractivity contribution in [2.75, 3.05) is 11.4 Å². The number of anilines is 1. The van der Waals surface area contributed by atoms with Crippen molar-refractivity contribution < 1.29 is 14.7 Å². The molecule has 1 aliphatic rings. The van der Waals surface area contributed by atoms with Gasteiger partial charge in [0.1, 0.15) is 0 Å². The van der Waals surface area contributed by atoms with Crippen molar-refractivity contribution in [1.29, 1.82) is 0 Å². The van der Waals surface area contributed by atoms with Crippen LogP contribution in [0, 0.1) is 0 Å². The normalized spacial score (nSPS) is 13.9. The van der Waals surface area contributed by atoms with Gasteiger partial charge in [0.25, 0.3) is 0 Å². The fourth-order valence-electron chi connectivity index (χ4n) is 2.67. The van der Waals surface area contributed by atoms with Crippen LogP contribution in [0.25, 0.3) is 0 Å². The van der Waals surface area contributed by atoms with Gasteiger partial charge in [-0.3, -0.25) is 4.79 Å². The van der Waals surface area contributed by atoms with Gasteiger partial charge in [-0.2, -0.15) is 0 Å². The molecular weight excluding hydrogens is 266 g/mol. The van der Waals surface area contributed by atoms with Gasteiger partial charge in [0.05, 0.1) is 5.56 Å². The zero-order chi connectivity index (χ0) is 15.2. The number of nitrogens with zero attached hydrogens (tertiary/aromatic N) is 1. The number of carbonyl (C=O) groups excluding carboxylic acids is 1. The number of carbonyl (C=O) groups is 2. The van der Waals surface area contributed by atoms with E-state index in [0.717, 1.165) is 36.9 Å². The lowest BCUT2D eigenvalue weighted by molar-refractivity contribution is -0.118. The number of carboxylic acids is 1. The predicted octanol–water partition coefficient (Wildman–Crippen LogP) is 3.41. The maximum Gasteiger partial charge on any atom is 0.335 e. The quantitative estimate of drug-likeness (QED) is 0.617. The summed E-state index contributed by atoms with van der Waals surface area (Å²) in [6.45, 7) is 4.40. The fraction of sp³-hybridized carbons (Fsp3) is 0.412. The lowest BCUT2D eigenvalue weighted by Crippen LogP contribution is -2.36. The van der Waals surface area contributed by atoms with Gasteiger partial charge in [-0.15, -0.1) is 6.58 Å². The van der Waals surface area contributed by atoms with E-state index in [1.54, 1.807) is 23.1 Å². The Hall–Kier alpha value is -2.10. The molecule has 1 aliphatic heterocycles. The second kappa shape index (κ2) is 7.07. The van der Waals surface area contributed by atoms with E-state index in [-0.39, 0.29) is 11.5 Å². The van der Waals surface area contributed by atoms with E-state index in [1.807, 2.05) is 6.08 Å². The van der Waals surface area contributed by atoms with Gasteiger partial charge >= 0.3 is 5.97 Å². The number of aromatic carboxylic acids is 1. The molecule has 0 fully saturated rings. The lowest BCUT2D eigenvalue weighted by Gasteiger charge is -2.29. The molecule has 1 heterocycles. The number of carboxylic acid groups (broad SMARTS) is 1. The highest BCUT2D eigenvalue weighted by Gasteiger charge is 2.24. The number of allylic oxidation sites excluding steroid dienone is 1. The monoisotopic (exact) mass is 287 g/mol. The first-order valence-electron chi connectivity index (χ1n) is 7.41. The van der Waals surface area contributed by atoms with Gasteiger partial charge in [-0.1, -0.05) is 12.5 Å². The Labute approximate surface area is 125 Å². The molecule has 1 N–H and O–H groups in total. The summed E-state index contributed by atoms with van der Waals surface area (Å²) in [6, 6.07) is 5.03. The maximum absolute atomic E-state index is 12.1. The number of unbranched alkanes of at least 4 members (excludes halogenated alkanes) is 3. The Bertz CT molecular complexity index is 551. The number of rotatable bonds is 7. The van der Waals surface area contributed by atoms with Crippen molar-refractivity contribution in [3.8, 4) is 0 Å². The van der Waals surface area contributed by atoms with Gasteiger partial charge in [0.2, 0.25) is 5.91 Å². The number of benzene rings is 1. The van der Waals surface area contributed by atoms with Crippen molar-refractivity contribution in [3.63, 3.8) is 0 Å². The summed E-state index contributed by atoms with van der Waals surface area (Å²) in [4.78, 5) is 24.9. The highest BCUT2D eigenvalue weighted by Crippen LogP contribution is 2.29. The van der Waals surface area contributed by atoms with E-state index < -0.39 is 5.97 Å². The topological polar surface area (TPSA) is 57.6 Å². The Balaban J connectivity index is 2.07. The molecular formula is C17H21NO3. The molecule has 0 aromatic heterocycles. The van der Waals surface area contributed by atoms with Crippen LogP contribution in [0.15, 0.2) is 30.9 Å². The van der Waals surface area contributed by atoms with E-state index in [9.17, 15) is 9.59 Å². The van der Waals surface area contributed by atoms with E-state index >= 15 is 0 Å². The highest BCUT2D eigenvalue weighted by atomic mass is 16.4. The SMILES string of the molecule is C=CCCCCCN1C(=O)CCc2cc(C(=O)O)ccc21. The zero-order valence-electron chi connectivity index (χ0n) is 12.2. The average Bonchev–Trinajstić information content (AvgIpc) is 2.48. The van der Waals surface area contributed by atoms with Crippen LogP contribution >= 0.6 is 0 Å². The van der Waals surface area contributed by atoms with Crippen molar-refractivity contribution in [1.82, 2.24) is 0 Å². The smallest absolute Gasteiger partial charge is 0.335 e. The summed E-state index contributed by atoms with van der Waals surface area (Å²) >= 11 is 0. The first-order chi connectivity index (χ1) is 10.1. The highest BCUT2D eigenvalue weighted by molar-refractivity contribution is 5.97. The molecule has 0 radical (unpaired) electrons. The third kappa shape index (κ3) is 3.72. The zero-order valence-corrected chi connectivity index (χ0v) is 12.2. The second-order valence-electron chi connectivity index (χ2n) is 5.33. The van der Waals surface area contributed by atoms with Crippen molar-refractivity contribution in [3.05, 3.63) is 42.0 Å². The van der Waals surface area contributed by atoms with Gasteiger partial charge < -0.3 is 10.0 Å². The molecule has 1 aromatic rings. The van der Waals surface area contributed by atoms with Crippen LogP contribution in [0.4, 0.5) is 5.69 Å². The number of hydrogen-bond acceptors (Lipinski definition) is 2. The molecule has 21 heavy (non-hydrogen) atoms. The molecule has 4 heteroatoms. The molecule has 112 valence electrons. The Morgan fingerprint density at radius 2 is 2.10 bits per heavy atom. The third-order valence-electron chi connectivity index (χ3n) is 3.82. The minimum atomic E-state index is -0.925. The van der Waals surface area contributed by atoms with Crippen LogP contribution in [0.2, 0.25) is 0 Å². The van der Waals surface area contributed by atoms with Crippen LogP contribution in [-0.2, 0) is 11.2 Å². The van der Waals surface area contributed by atoms with Crippen LogP contribution in [0.3, 0.4) is 0 Å². The first kappa shape index (κ1) is 15.3. The molecule has 0 bridgehead atoms. The van der Waals surface area contributed by atoms with E-state index in [4.69, 9.17) is 5.11 Å². The summed E-state index contributed by atoms with van der Waals surface area (Å²) in [5, 5.41) is 9.04. The van der Waals surface area contributed by atoms with Gasteiger partial charge in [0.15, 0.2) is 0 Å². The Morgan fingerprint density at radius 3 is 2.81 bits per heavy atom. The number of fused-ring (bicyclic) bond motifs is 1. The molecule has 0 spiro atoms. The molecule has 0 aliphatic carbocycles. The summed E-state index contributed by atoms with van der Waals surface area (Å²) in [7, 11) is 0.